The highest BCUT2D eigenvalue weighted by Gasteiger charge is 2.48. The molecule has 0 saturated heterocycles. The molecular weight excluding hydrogens is 374 g/mol. The van der Waals surface area contributed by atoms with Crippen LogP contribution in [0.3, 0.4) is 0 Å². The summed E-state index contributed by atoms with van der Waals surface area (Å²) in [5.41, 5.74) is 1.53. The van der Waals surface area contributed by atoms with Crippen LogP contribution in [0.1, 0.15) is 37.9 Å². The molecule has 1 aromatic heterocycles. The van der Waals surface area contributed by atoms with E-state index in [2.05, 4.69) is 10.3 Å². The largest absolute Gasteiger partial charge is 0.351 e. The number of nitrogens with zero attached hydrogens (tertiary/aromatic N) is 2. The molecule has 0 spiro atoms. The fourth-order valence-electron chi connectivity index (χ4n) is 6.18. The van der Waals surface area contributed by atoms with Crippen molar-refractivity contribution in [2.45, 2.75) is 50.4 Å². The zero-order chi connectivity index (χ0) is 19.5. The van der Waals surface area contributed by atoms with Crippen molar-refractivity contribution in [3.8, 4) is 0 Å². The quantitative estimate of drug-likeness (QED) is 0.835. The average molecular weight is 402 g/mol. The minimum Gasteiger partial charge on any atom is -0.351 e. The maximum atomic E-state index is 13.0. The van der Waals surface area contributed by atoms with Gasteiger partial charge < -0.3 is 9.88 Å². The van der Waals surface area contributed by atoms with Gasteiger partial charge in [0.25, 0.3) is 0 Å². The number of amides is 1. The highest BCUT2D eigenvalue weighted by molar-refractivity contribution is 7.89. The minimum absolute atomic E-state index is 0.0321. The highest BCUT2D eigenvalue weighted by atomic mass is 32.2. The summed E-state index contributed by atoms with van der Waals surface area (Å²) in [4.78, 5) is 17.4. The van der Waals surface area contributed by atoms with Gasteiger partial charge in [-0.25, -0.2) is 13.4 Å². The topological polar surface area (TPSA) is 81.1 Å². The molecule has 2 aromatic rings. The second-order valence-corrected chi connectivity index (χ2v) is 11.3. The van der Waals surface area contributed by atoms with Gasteiger partial charge in [0, 0.05) is 12.3 Å². The van der Waals surface area contributed by atoms with Crippen LogP contribution in [0.4, 0.5) is 0 Å². The van der Waals surface area contributed by atoms with Crippen LogP contribution in [-0.2, 0) is 26.9 Å². The Labute approximate surface area is 165 Å². The van der Waals surface area contributed by atoms with Crippen LogP contribution < -0.4 is 5.32 Å². The standard InChI is InChI=1S/C21H27N3O3S/c1-28(26,27)12-19-22-17-4-2-3-5-18(17)24(19)11-20(25)23-21-15-7-13-6-14(9-15)10-16(21)8-13/h2-5,13-16,21H,6-12H2,1H3,(H,23,25). The third-order valence-electron chi connectivity index (χ3n) is 6.98. The van der Waals surface area contributed by atoms with E-state index >= 15 is 0 Å². The van der Waals surface area contributed by atoms with Crippen LogP contribution in [0.2, 0.25) is 0 Å². The van der Waals surface area contributed by atoms with Gasteiger partial charge in [-0.1, -0.05) is 12.1 Å². The summed E-state index contributed by atoms with van der Waals surface area (Å²) in [7, 11) is -3.24. The molecule has 1 N–H and O–H groups in total. The Hall–Kier alpha value is -1.89. The molecule has 7 heteroatoms. The second kappa shape index (κ2) is 6.58. The molecule has 1 aromatic carbocycles. The van der Waals surface area contributed by atoms with Gasteiger partial charge in [-0.15, -0.1) is 0 Å². The Morgan fingerprint density at radius 3 is 2.39 bits per heavy atom. The second-order valence-electron chi connectivity index (χ2n) is 9.20. The first-order valence-corrected chi connectivity index (χ1v) is 12.3. The van der Waals surface area contributed by atoms with Gasteiger partial charge in [-0.3, -0.25) is 4.79 Å². The fraction of sp³-hybridized carbons (Fsp3) is 0.619. The van der Waals surface area contributed by atoms with E-state index in [-0.39, 0.29) is 24.2 Å². The maximum absolute atomic E-state index is 13.0. The zero-order valence-electron chi connectivity index (χ0n) is 16.2. The third-order valence-corrected chi connectivity index (χ3v) is 7.76. The summed E-state index contributed by atoms with van der Waals surface area (Å²) in [6.07, 6.45) is 7.61. The molecule has 4 fully saturated rings. The third kappa shape index (κ3) is 3.34. The molecule has 28 heavy (non-hydrogen) atoms. The predicted octanol–water partition coefficient (Wildman–Crippen LogP) is 2.52. The summed E-state index contributed by atoms with van der Waals surface area (Å²) < 4.78 is 25.5. The molecule has 4 saturated carbocycles. The van der Waals surface area contributed by atoms with Gasteiger partial charge in [0.15, 0.2) is 9.84 Å². The number of sulfone groups is 1. The van der Waals surface area contributed by atoms with Gasteiger partial charge in [0.05, 0.1) is 11.0 Å². The lowest BCUT2D eigenvalue weighted by Gasteiger charge is -2.54. The number of nitrogens with one attached hydrogen (secondary N) is 1. The van der Waals surface area contributed by atoms with E-state index in [4.69, 9.17) is 0 Å². The Bertz CT molecular complexity index is 999. The Balaban J connectivity index is 1.37. The first kappa shape index (κ1) is 18.2. The van der Waals surface area contributed by atoms with Crippen LogP contribution >= 0.6 is 0 Å². The van der Waals surface area contributed by atoms with Gasteiger partial charge >= 0.3 is 0 Å². The van der Waals surface area contributed by atoms with Gasteiger partial charge in [-0.05, 0) is 67.9 Å². The number of hydrogen-bond acceptors (Lipinski definition) is 4. The van der Waals surface area contributed by atoms with Crippen molar-refractivity contribution in [3.63, 3.8) is 0 Å². The molecule has 4 bridgehead atoms. The van der Waals surface area contributed by atoms with Crippen LogP contribution in [0.5, 0.6) is 0 Å². The van der Waals surface area contributed by atoms with E-state index in [1.165, 1.54) is 38.4 Å². The van der Waals surface area contributed by atoms with Crippen molar-refractivity contribution < 1.29 is 13.2 Å². The molecule has 6 rings (SSSR count). The van der Waals surface area contributed by atoms with Gasteiger partial charge in [-0.2, -0.15) is 0 Å². The van der Waals surface area contributed by atoms with Crippen molar-refractivity contribution in [1.82, 2.24) is 14.9 Å². The molecule has 4 aliphatic carbocycles. The smallest absolute Gasteiger partial charge is 0.240 e. The molecular formula is C21H27N3O3S. The molecule has 1 amide bonds. The SMILES string of the molecule is CS(=O)(=O)Cc1nc2ccccc2n1CC(=O)NC1C2CC3CC(C2)CC1C3. The van der Waals surface area contributed by atoms with Crippen molar-refractivity contribution in [2.75, 3.05) is 6.26 Å². The monoisotopic (exact) mass is 401 g/mol. The molecule has 0 aliphatic heterocycles. The molecule has 4 aliphatic rings. The summed E-state index contributed by atoms with van der Waals surface area (Å²) in [5.74, 6) is 3.22. The zero-order valence-corrected chi connectivity index (χ0v) is 17.0. The van der Waals surface area contributed by atoms with Crippen LogP contribution in [0.15, 0.2) is 24.3 Å². The number of rotatable bonds is 5. The summed E-state index contributed by atoms with van der Waals surface area (Å²) in [6, 6.07) is 7.80. The van der Waals surface area contributed by atoms with Crippen molar-refractivity contribution >= 4 is 26.8 Å². The van der Waals surface area contributed by atoms with Crippen LogP contribution in [0, 0.1) is 23.7 Å². The number of carbonyl (C=O) groups is 1. The lowest BCUT2D eigenvalue weighted by molar-refractivity contribution is -0.125. The Morgan fingerprint density at radius 2 is 1.75 bits per heavy atom. The van der Waals surface area contributed by atoms with E-state index in [1.807, 2.05) is 24.3 Å². The summed E-state index contributed by atoms with van der Waals surface area (Å²) >= 11 is 0. The lowest BCUT2D eigenvalue weighted by Crippen LogP contribution is -2.56. The summed E-state index contributed by atoms with van der Waals surface area (Å²) in [6.45, 7) is 0.119. The van der Waals surface area contributed by atoms with E-state index in [9.17, 15) is 13.2 Å². The average Bonchev–Trinajstić information content (AvgIpc) is 2.93. The maximum Gasteiger partial charge on any atom is 0.240 e. The molecule has 1 heterocycles. The normalized spacial score (nSPS) is 31.4. The van der Waals surface area contributed by atoms with E-state index in [0.717, 1.165) is 22.9 Å². The van der Waals surface area contributed by atoms with E-state index in [0.29, 0.717) is 17.7 Å². The van der Waals surface area contributed by atoms with Crippen molar-refractivity contribution in [3.05, 3.63) is 30.1 Å². The minimum atomic E-state index is -3.24. The van der Waals surface area contributed by atoms with E-state index < -0.39 is 9.84 Å². The number of imidazole rings is 1. The molecule has 0 atom stereocenters. The Kier molecular flexibility index (Phi) is 4.27. The number of carbonyl (C=O) groups excluding carboxylic acids is 1. The number of benzene rings is 1. The first-order valence-electron chi connectivity index (χ1n) is 10.3. The summed E-state index contributed by atoms with van der Waals surface area (Å²) in [5, 5.41) is 3.32. The highest BCUT2D eigenvalue weighted by Crippen LogP contribution is 2.53. The molecule has 0 radical (unpaired) electrons. The Morgan fingerprint density at radius 1 is 1.11 bits per heavy atom. The van der Waals surface area contributed by atoms with Gasteiger partial charge in [0.1, 0.15) is 18.1 Å². The molecule has 6 nitrogen and oxygen atoms in total. The lowest BCUT2D eigenvalue weighted by atomic mass is 9.54. The van der Waals surface area contributed by atoms with Crippen molar-refractivity contribution in [2.24, 2.45) is 23.7 Å². The van der Waals surface area contributed by atoms with Crippen molar-refractivity contribution in [1.29, 1.82) is 0 Å². The fourth-order valence-corrected chi connectivity index (χ4v) is 6.87. The number of para-hydroxylation sites is 2. The predicted molar refractivity (Wildman–Crippen MR) is 107 cm³/mol. The number of aromatic nitrogens is 2. The van der Waals surface area contributed by atoms with Gasteiger partial charge in [0.2, 0.25) is 5.91 Å². The van der Waals surface area contributed by atoms with Crippen LogP contribution in [-0.4, -0.2) is 36.2 Å². The molecule has 150 valence electrons. The molecule has 0 unspecified atom stereocenters. The van der Waals surface area contributed by atoms with Crippen LogP contribution in [0.25, 0.3) is 11.0 Å². The first-order chi connectivity index (χ1) is 13.4. The number of fused-ring (bicyclic) bond motifs is 1. The number of hydrogen-bond donors (Lipinski definition) is 1. The van der Waals surface area contributed by atoms with E-state index in [1.54, 1.807) is 4.57 Å².